The number of benzene rings is 1. The van der Waals surface area contributed by atoms with Gasteiger partial charge in [-0.25, -0.2) is 0 Å². The number of hydrogen-bond donors (Lipinski definition) is 1. The highest BCUT2D eigenvalue weighted by Gasteiger charge is 2.31. The van der Waals surface area contributed by atoms with E-state index < -0.39 is 0 Å². The van der Waals surface area contributed by atoms with Crippen LogP contribution < -0.4 is 5.32 Å². The molecule has 1 aromatic rings. The molecule has 0 saturated heterocycles. The minimum Gasteiger partial charge on any atom is -0.310 e. The Kier molecular flexibility index (Phi) is 5.95. The van der Waals surface area contributed by atoms with Gasteiger partial charge in [-0.15, -0.1) is 0 Å². The molecule has 1 nitrogen and oxygen atoms in total. The summed E-state index contributed by atoms with van der Waals surface area (Å²) in [5.74, 6) is 2.35. The van der Waals surface area contributed by atoms with Crippen LogP contribution in [0, 0.1) is 17.8 Å². The summed E-state index contributed by atoms with van der Waals surface area (Å²) in [6.45, 7) is 7.93. The SMILES string of the molecule is CCNC(c1cc(Br)ccc1Cl)C1CCC(C)C(C)C1. The summed E-state index contributed by atoms with van der Waals surface area (Å²) in [6.07, 6.45) is 3.92. The van der Waals surface area contributed by atoms with E-state index in [-0.39, 0.29) is 0 Å². The van der Waals surface area contributed by atoms with E-state index in [0.717, 1.165) is 27.9 Å². The van der Waals surface area contributed by atoms with Gasteiger partial charge < -0.3 is 5.32 Å². The molecule has 1 N–H and O–H groups in total. The molecule has 1 aliphatic carbocycles. The summed E-state index contributed by atoms with van der Waals surface area (Å²) in [4.78, 5) is 0. The van der Waals surface area contributed by atoms with Gasteiger partial charge in [0.1, 0.15) is 0 Å². The lowest BCUT2D eigenvalue weighted by atomic mass is 9.72. The summed E-state index contributed by atoms with van der Waals surface area (Å²) in [5.41, 5.74) is 1.25. The molecule has 0 amide bonds. The van der Waals surface area contributed by atoms with E-state index in [9.17, 15) is 0 Å². The van der Waals surface area contributed by atoms with Gasteiger partial charge in [0.25, 0.3) is 0 Å². The van der Waals surface area contributed by atoms with Gasteiger partial charge in [-0.05, 0) is 60.9 Å². The zero-order valence-electron chi connectivity index (χ0n) is 12.6. The van der Waals surface area contributed by atoms with Crippen LogP contribution in [0.15, 0.2) is 22.7 Å². The van der Waals surface area contributed by atoms with Crippen molar-refractivity contribution < 1.29 is 0 Å². The van der Waals surface area contributed by atoms with Crippen molar-refractivity contribution >= 4 is 27.5 Å². The molecule has 0 aliphatic heterocycles. The molecule has 0 aromatic heterocycles. The average molecular weight is 359 g/mol. The molecule has 4 unspecified atom stereocenters. The monoisotopic (exact) mass is 357 g/mol. The molecule has 1 aliphatic rings. The summed E-state index contributed by atoms with van der Waals surface area (Å²) in [6, 6.07) is 6.57. The summed E-state index contributed by atoms with van der Waals surface area (Å²) in [7, 11) is 0. The smallest absolute Gasteiger partial charge is 0.0454 e. The molecule has 4 atom stereocenters. The van der Waals surface area contributed by atoms with Gasteiger partial charge in [0, 0.05) is 15.5 Å². The molecule has 0 bridgehead atoms. The first-order valence-electron chi connectivity index (χ1n) is 7.71. The molecule has 2 rings (SSSR count). The molecular weight excluding hydrogens is 334 g/mol. The van der Waals surface area contributed by atoms with Crippen molar-refractivity contribution in [3.8, 4) is 0 Å². The van der Waals surface area contributed by atoms with E-state index in [4.69, 9.17) is 11.6 Å². The molecule has 1 aromatic carbocycles. The molecule has 1 saturated carbocycles. The van der Waals surface area contributed by atoms with Crippen LogP contribution in [0.3, 0.4) is 0 Å². The van der Waals surface area contributed by atoms with Crippen LogP contribution in [0.4, 0.5) is 0 Å². The Balaban J connectivity index is 2.24. The maximum atomic E-state index is 6.45. The van der Waals surface area contributed by atoms with Gasteiger partial charge in [0.05, 0.1) is 0 Å². The Morgan fingerprint density at radius 1 is 1.30 bits per heavy atom. The highest BCUT2D eigenvalue weighted by Crippen LogP contribution is 2.41. The van der Waals surface area contributed by atoms with Crippen LogP contribution in [0.5, 0.6) is 0 Å². The molecular formula is C17H25BrClN. The number of nitrogens with one attached hydrogen (secondary N) is 1. The predicted octanol–water partition coefficient (Wildman–Crippen LogP) is 5.83. The van der Waals surface area contributed by atoms with E-state index in [0.29, 0.717) is 12.0 Å². The standard InChI is InChI=1S/C17H25BrClN/c1-4-20-17(13-6-5-11(2)12(3)9-13)15-10-14(18)7-8-16(15)19/h7-8,10-13,17,20H,4-6,9H2,1-3H3. The normalized spacial score (nSPS) is 28.4. The van der Waals surface area contributed by atoms with Crippen LogP contribution in [-0.2, 0) is 0 Å². The largest absolute Gasteiger partial charge is 0.310 e. The van der Waals surface area contributed by atoms with Crippen molar-refractivity contribution in [1.29, 1.82) is 0 Å². The highest BCUT2D eigenvalue weighted by molar-refractivity contribution is 9.10. The van der Waals surface area contributed by atoms with Gasteiger partial charge in [-0.3, -0.25) is 0 Å². The minimum atomic E-state index is 0.375. The number of hydrogen-bond acceptors (Lipinski definition) is 1. The van der Waals surface area contributed by atoms with Crippen LogP contribution in [-0.4, -0.2) is 6.54 Å². The summed E-state index contributed by atoms with van der Waals surface area (Å²) in [5, 5.41) is 4.55. The lowest BCUT2D eigenvalue weighted by Gasteiger charge is -2.37. The van der Waals surface area contributed by atoms with E-state index in [1.807, 2.05) is 12.1 Å². The molecule has 0 spiro atoms. The van der Waals surface area contributed by atoms with Crippen LogP contribution in [0.25, 0.3) is 0 Å². The quantitative estimate of drug-likeness (QED) is 0.714. The lowest BCUT2D eigenvalue weighted by molar-refractivity contribution is 0.172. The maximum Gasteiger partial charge on any atom is 0.0454 e. The van der Waals surface area contributed by atoms with Gasteiger partial charge in [0.2, 0.25) is 0 Å². The molecule has 1 fully saturated rings. The van der Waals surface area contributed by atoms with E-state index >= 15 is 0 Å². The van der Waals surface area contributed by atoms with E-state index in [1.54, 1.807) is 0 Å². The zero-order valence-corrected chi connectivity index (χ0v) is 15.0. The second-order valence-corrected chi connectivity index (χ2v) is 7.55. The van der Waals surface area contributed by atoms with Crippen molar-refractivity contribution in [1.82, 2.24) is 5.32 Å². The van der Waals surface area contributed by atoms with Crippen LogP contribution in [0.2, 0.25) is 5.02 Å². The first-order valence-corrected chi connectivity index (χ1v) is 8.88. The fourth-order valence-electron chi connectivity index (χ4n) is 3.40. The Morgan fingerprint density at radius 2 is 2.05 bits per heavy atom. The third-order valence-electron chi connectivity index (χ3n) is 4.83. The highest BCUT2D eigenvalue weighted by atomic mass is 79.9. The average Bonchev–Trinajstić information content (AvgIpc) is 2.42. The number of halogens is 2. The van der Waals surface area contributed by atoms with Crippen molar-refractivity contribution in [2.45, 2.75) is 46.1 Å². The van der Waals surface area contributed by atoms with Crippen molar-refractivity contribution in [3.05, 3.63) is 33.3 Å². The second kappa shape index (κ2) is 7.29. The lowest BCUT2D eigenvalue weighted by Crippen LogP contribution is -2.33. The zero-order chi connectivity index (χ0) is 14.7. The molecule has 0 radical (unpaired) electrons. The Hall–Kier alpha value is -0.0500. The van der Waals surface area contributed by atoms with E-state index in [1.165, 1.54) is 24.8 Å². The Labute approximate surface area is 136 Å². The van der Waals surface area contributed by atoms with Gasteiger partial charge in [-0.2, -0.15) is 0 Å². The molecule has 3 heteroatoms. The Morgan fingerprint density at radius 3 is 2.70 bits per heavy atom. The summed E-state index contributed by atoms with van der Waals surface area (Å²) < 4.78 is 1.11. The van der Waals surface area contributed by atoms with E-state index in [2.05, 4.69) is 48.1 Å². The summed E-state index contributed by atoms with van der Waals surface area (Å²) >= 11 is 10.0. The predicted molar refractivity (Wildman–Crippen MR) is 91.2 cm³/mol. The second-order valence-electron chi connectivity index (χ2n) is 6.23. The third-order valence-corrected chi connectivity index (χ3v) is 5.66. The van der Waals surface area contributed by atoms with Crippen LogP contribution in [0.1, 0.15) is 51.6 Å². The maximum absolute atomic E-state index is 6.45. The molecule has 112 valence electrons. The third kappa shape index (κ3) is 3.78. The molecule has 0 heterocycles. The first-order chi connectivity index (χ1) is 9.52. The Bertz CT molecular complexity index is 449. The van der Waals surface area contributed by atoms with Crippen molar-refractivity contribution in [3.63, 3.8) is 0 Å². The fraction of sp³-hybridized carbons (Fsp3) is 0.647. The van der Waals surface area contributed by atoms with Crippen molar-refractivity contribution in [2.75, 3.05) is 6.54 Å². The number of rotatable bonds is 4. The van der Waals surface area contributed by atoms with Crippen LogP contribution >= 0.6 is 27.5 Å². The first kappa shape index (κ1) is 16.3. The molecule has 20 heavy (non-hydrogen) atoms. The van der Waals surface area contributed by atoms with Gasteiger partial charge in [0.15, 0.2) is 0 Å². The fourth-order valence-corrected chi connectivity index (χ4v) is 4.01. The topological polar surface area (TPSA) is 12.0 Å². The van der Waals surface area contributed by atoms with Gasteiger partial charge >= 0.3 is 0 Å². The van der Waals surface area contributed by atoms with Crippen molar-refractivity contribution in [2.24, 2.45) is 17.8 Å². The van der Waals surface area contributed by atoms with Gasteiger partial charge in [-0.1, -0.05) is 54.7 Å². The minimum absolute atomic E-state index is 0.375.